The van der Waals surface area contributed by atoms with E-state index in [2.05, 4.69) is 32.9 Å². The van der Waals surface area contributed by atoms with Crippen molar-refractivity contribution in [3.63, 3.8) is 0 Å². The van der Waals surface area contributed by atoms with Gasteiger partial charge in [-0.3, -0.25) is 4.79 Å². The van der Waals surface area contributed by atoms with Crippen LogP contribution < -0.4 is 0 Å². The maximum atomic E-state index is 11.7. The first-order chi connectivity index (χ1) is 7.54. The number of aryl methyl sites for hydroxylation is 3. The highest BCUT2D eigenvalue weighted by atomic mass is 16.5. The summed E-state index contributed by atoms with van der Waals surface area (Å²) in [7, 11) is 1.62. The van der Waals surface area contributed by atoms with E-state index >= 15 is 0 Å². The molecule has 0 bridgehead atoms. The summed E-state index contributed by atoms with van der Waals surface area (Å²) in [4.78, 5) is 11.7. The summed E-state index contributed by atoms with van der Waals surface area (Å²) in [6.07, 6.45) is 1.03. The molecule has 0 spiro atoms. The van der Waals surface area contributed by atoms with Crippen molar-refractivity contribution in [3.8, 4) is 0 Å². The number of ether oxygens (including phenoxy) is 1. The lowest BCUT2D eigenvalue weighted by Crippen LogP contribution is -2.08. The molecule has 1 aromatic carbocycles. The van der Waals surface area contributed by atoms with Crippen LogP contribution in [0.25, 0.3) is 0 Å². The molecular weight excluding hydrogens is 200 g/mol. The van der Waals surface area contributed by atoms with E-state index in [0.29, 0.717) is 19.4 Å². The highest BCUT2D eigenvalue weighted by molar-refractivity contribution is 5.81. The molecule has 0 saturated carbocycles. The Morgan fingerprint density at radius 1 is 1.19 bits per heavy atom. The van der Waals surface area contributed by atoms with Gasteiger partial charge in [-0.2, -0.15) is 0 Å². The number of benzene rings is 1. The third kappa shape index (κ3) is 3.46. The summed E-state index contributed by atoms with van der Waals surface area (Å²) >= 11 is 0. The molecule has 0 aliphatic heterocycles. The van der Waals surface area contributed by atoms with Gasteiger partial charge in [0.25, 0.3) is 0 Å². The summed E-state index contributed by atoms with van der Waals surface area (Å²) in [6, 6.07) is 4.26. The Hall–Kier alpha value is -1.15. The van der Waals surface area contributed by atoms with Gasteiger partial charge in [-0.15, -0.1) is 0 Å². The number of rotatable bonds is 5. The quantitative estimate of drug-likeness (QED) is 0.762. The Balaban J connectivity index is 2.77. The van der Waals surface area contributed by atoms with E-state index < -0.39 is 0 Å². The summed E-state index contributed by atoms with van der Waals surface area (Å²) in [5, 5.41) is 0. The average Bonchev–Trinajstić information content (AvgIpc) is 2.20. The third-order valence-electron chi connectivity index (χ3n) is 2.80. The second kappa shape index (κ2) is 5.80. The Kier molecular flexibility index (Phi) is 4.69. The first kappa shape index (κ1) is 12.9. The molecule has 0 aliphatic rings. The molecule has 0 N–H and O–H groups in total. The molecule has 88 valence electrons. The molecule has 0 amide bonds. The lowest BCUT2D eigenvalue weighted by Gasteiger charge is -2.10. The lowest BCUT2D eigenvalue weighted by molar-refractivity contribution is -0.119. The molecule has 0 aromatic heterocycles. The number of methoxy groups -OCH3 is 1. The smallest absolute Gasteiger partial charge is 0.139 e. The van der Waals surface area contributed by atoms with Crippen LogP contribution in [0.15, 0.2) is 12.1 Å². The monoisotopic (exact) mass is 220 g/mol. The summed E-state index contributed by atoms with van der Waals surface area (Å²) in [5.74, 6) is 0.247. The Morgan fingerprint density at radius 2 is 1.75 bits per heavy atom. The molecule has 0 fully saturated rings. The second-order valence-electron chi connectivity index (χ2n) is 4.34. The zero-order chi connectivity index (χ0) is 12.1. The van der Waals surface area contributed by atoms with E-state index in [0.717, 1.165) is 0 Å². The zero-order valence-corrected chi connectivity index (χ0v) is 10.6. The van der Waals surface area contributed by atoms with Crippen molar-refractivity contribution in [2.45, 2.75) is 33.6 Å². The Labute approximate surface area is 97.6 Å². The minimum atomic E-state index is 0.247. The van der Waals surface area contributed by atoms with E-state index in [1.807, 2.05) is 0 Å². The Bertz CT molecular complexity index is 357. The number of Topliss-reactive ketones (excluding diaryl/α,β-unsaturated/α-hetero) is 1. The Morgan fingerprint density at radius 3 is 2.25 bits per heavy atom. The number of hydrogen-bond acceptors (Lipinski definition) is 2. The fourth-order valence-electron chi connectivity index (χ4n) is 1.99. The van der Waals surface area contributed by atoms with Crippen molar-refractivity contribution in [2.75, 3.05) is 13.7 Å². The molecule has 1 rings (SSSR count). The molecule has 0 saturated heterocycles. The highest BCUT2D eigenvalue weighted by Crippen LogP contribution is 2.17. The molecule has 0 radical (unpaired) electrons. The van der Waals surface area contributed by atoms with Crippen LogP contribution in [0.4, 0.5) is 0 Å². The van der Waals surface area contributed by atoms with E-state index in [-0.39, 0.29) is 5.78 Å². The summed E-state index contributed by atoms with van der Waals surface area (Å²) < 4.78 is 4.91. The van der Waals surface area contributed by atoms with Gasteiger partial charge >= 0.3 is 0 Å². The van der Waals surface area contributed by atoms with E-state index in [4.69, 9.17) is 4.74 Å². The summed E-state index contributed by atoms with van der Waals surface area (Å²) in [6.45, 7) is 6.73. The van der Waals surface area contributed by atoms with Crippen molar-refractivity contribution >= 4 is 5.78 Å². The lowest BCUT2D eigenvalue weighted by atomic mass is 9.95. The second-order valence-corrected chi connectivity index (χ2v) is 4.34. The van der Waals surface area contributed by atoms with Crippen LogP contribution >= 0.6 is 0 Å². The topological polar surface area (TPSA) is 26.3 Å². The van der Waals surface area contributed by atoms with Crippen LogP contribution in [0.3, 0.4) is 0 Å². The zero-order valence-electron chi connectivity index (χ0n) is 10.6. The number of carbonyl (C=O) groups excluding carboxylic acids is 1. The van der Waals surface area contributed by atoms with Gasteiger partial charge in [-0.1, -0.05) is 17.7 Å². The van der Waals surface area contributed by atoms with Crippen LogP contribution in [0.2, 0.25) is 0 Å². The van der Waals surface area contributed by atoms with Gasteiger partial charge in [0.15, 0.2) is 0 Å². The van der Waals surface area contributed by atoms with Crippen LogP contribution in [0.5, 0.6) is 0 Å². The van der Waals surface area contributed by atoms with E-state index in [1.54, 1.807) is 7.11 Å². The van der Waals surface area contributed by atoms with Gasteiger partial charge in [0, 0.05) is 20.0 Å². The van der Waals surface area contributed by atoms with Crippen molar-refractivity contribution in [3.05, 3.63) is 34.4 Å². The molecule has 16 heavy (non-hydrogen) atoms. The van der Waals surface area contributed by atoms with Crippen molar-refractivity contribution in [2.24, 2.45) is 0 Å². The minimum Gasteiger partial charge on any atom is -0.384 e. The number of ketones is 1. The molecule has 2 nitrogen and oxygen atoms in total. The molecule has 0 aliphatic carbocycles. The molecule has 2 heteroatoms. The third-order valence-corrected chi connectivity index (χ3v) is 2.80. The van der Waals surface area contributed by atoms with E-state index in [1.165, 1.54) is 22.3 Å². The van der Waals surface area contributed by atoms with Crippen LogP contribution in [-0.2, 0) is 16.0 Å². The predicted octanol–water partition coefficient (Wildman–Crippen LogP) is 2.76. The fourth-order valence-corrected chi connectivity index (χ4v) is 1.99. The standard InChI is InChI=1S/C14H20O2/c1-10-7-11(2)14(12(3)8-10)9-13(15)5-6-16-4/h7-8H,5-6,9H2,1-4H3. The molecular formula is C14H20O2. The summed E-state index contributed by atoms with van der Waals surface area (Å²) in [5.41, 5.74) is 4.85. The van der Waals surface area contributed by atoms with Gasteiger partial charge < -0.3 is 4.74 Å². The first-order valence-electron chi connectivity index (χ1n) is 5.62. The largest absolute Gasteiger partial charge is 0.384 e. The first-order valence-corrected chi connectivity index (χ1v) is 5.62. The predicted molar refractivity (Wildman–Crippen MR) is 65.9 cm³/mol. The average molecular weight is 220 g/mol. The normalized spacial score (nSPS) is 10.5. The minimum absolute atomic E-state index is 0.247. The van der Waals surface area contributed by atoms with Gasteiger partial charge in [0.2, 0.25) is 0 Å². The SMILES string of the molecule is COCCC(=O)Cc1c(C)cc(C)cc1C. The van der Waals surface area contributed by atoms with Crippen LogP contribution in [-0.4, -0.2) is 19.5 Å². The van der Waals surface area contributed by atoms with Crippen LogP contribution in [0, 0.1) is 20.8 Å². The van der Waals surface area contributed by atoms with Gasteiger partial charge in [0.05, 0.1) is 6.61 Å². The maximum absolute atomic E-state index is 11.7. The van der Waals surface area contributed by atoms with E-state index in [9.17, 15) is 4.79 Å². The molecule has 0 heterocycles. The van der Waals surface area contributed by atoms with Gasteiger partial charge in [0.1, 0.15) is 5.78 Å². The number of carbonyl (C=O) groups is 1. The van der Waals surface area contributed by atoms with Crippen molar-refractivity contribution < 1.29 is 9.53 Å². The van der Waals surface area contributed by atoms with Gasteiger partial charge in [-0.25, -0.2) is 0 Å². The maximum Gasteiger partial charge on any atom is 0.139 e. The molecule has 1 aromatic rings. The fraction of sp³-hybridized carbons (Fsp3) is 0.500. The molecule has 0 unspecified atom stereocenters. The molecule has 0 atom stereocenters. The van der Waals surface area contributed by atoms with Crippen molar-refractivity contribution in [1.82, 2.24) is 0 Å². The van der Waals surface area contributed by atoms with Gasteiger partial charge in [-0.05, 0) is 37.5 Å². The van der Waals surface area contributed by atoms with Crippen LogP contribution in [0.1, 0.15) is 28.7 Å². The number of hydrogen-bond donors (Lipinski definition) is 0. The van der Waals surface area contributed by atoms with Crippen molar-refractivity contribution in [1.29, 1.82) is 0 Å². The highest BCUT2D eigenvalue weighted by Gasteiger charge is 2.09.